The highest BCUT2D eigenvalue weighted by molar-refractivity contribution is 5.85. The molecule has 3 nitrogen and oxygen atoms in total. The van der Waals surface area contributed by atoms with E-state index in [1.807, 2.05) is 13.0 Å². The fourth-order valence-corrected chi connectivity index (χ4v) is 3.27. The van der Waals surface area contributed by atoms with Gasteiger partial charge in [0.15, 0.2) is 0 Å². The van der Waals surface area contributed by atoms with Gasteiger partial charge in [0.1, 0.15) is 11.9 Å². The van der Waals surface area contributed by atoms with E-state index in [9.17, 15) is 0 Å². The molecule has 118 valence electrons. The summed E-state index contributed by atoms with van der Waals surface area (Å²) in [5.74, 6) is 1.73. The number of piperidine rings is 1. The quantitative estimate of drug-likeness (QED) is 0.851. The van der Waals surface area contributed by atoms with E-state index in [1.54, 1.807) is 0 Å². The molecule has 1 aromatic heterocycles. The molecule has 1 aromatic carbocycles. The lowest BCUT2D eigenvalue weighted by molar-refractivity contribution is 0.0952. The molecule has 3 heteroatoms. The lowest BCUT2D eigenvalue weighted by atomic mass is 10.1. The number of pyridine rings is 1. The molecule has 0 atom stereocenters. The third kappa shape index (κ3) is 3.58. The van der Waals surface area contributed by atoms with Gasteiger partial charge in [-0.3, -0.25) is 4.98 Å². The number of aromatic nitrogens is 1. The highest BCUT2D eigenvalue weighted by atomic mass is 16.5. The topological polar surface area (TPSA) is 25.4 Å². The first kappa shape index (κ1) is 15.3. The van der Waals surface area contributed by atoms with E-state index in [0.29, 0.717) is 6.10 Å². The second-order valence-electron chi connectivity index (χ2n) is 6.79. The zero-order valence-electron chi connectivity index (χ0n) is 13.9. The Hall–Kier alpha value is -1.61. The molecule has 1 aliphatic rings. The summed E-state index contributed by atoms with van der Waals surface area (Å²) in [4.78, 5) is 7.14. The van der Waals surface area contributed by atoms with Gasteiger partial charge in [0, 0.05) is 36.8 Å². The maximum atomic E-state index is 6.34. The zero-order valence-corrected chi connectivity index (χ0v) is 13.9. The molecule has 0 radical (unpaired) electrons. The van der Waals surface area contributed by atoms with Crippen LogP contribution in [0.15, 0.2) is 30.3 Å². The van der Waals surface area contributed by atoms with E-state index in [-0.39, 0.29) is 0 Å². The Balaban J connectivity index is 1.70. The van der Waals surface area contributed by atoms with Gasteiger partial charge < -0.3 is 9.64 Å². The Morgan fingerprint density at radius 1 is 1.23 bits per heavy atom. The van der Waals surface area contributed by atoms with E-state index in [2.05, 4.69) is 48.0 Å². The molecule has 0 amide bonds. The van der Waals surface area contributed by atoms with Crippen LogP contribution in [-0.2, 0) is 0 Å². The van der Waals surface area contributed by atoms with Crippen molar-refractivity contribution in [1.29, 1.82) is 0 Å². The Bertz CT molecular complexity index is 630. The molecule has 1 saturated heterocycles. The Morgan fingerprint density at radius 3 is 2.68 bits per heavy atom. The summed E-state index contributed by atoms with van der Waals surface area (Å²) in [7, 11) is 0. The molecule has 1 aliphatic heterocycles. The van der Waals surface area contributed by atoms with Gasteiger partial charge in [0.25, 0.3) is 0 Å². The average Bonchev–Trinajstić information content (AvgIpc) is 2.48. The molecular weight excluding hydrogens is 272 g/mol. The lowest BCUT2D eigenvalue weighted by Crippen LogP contribution is -2.39. The fourth-order valence-electron chi connectivity index (χ4n) is 3.27. The smallest absolute Gasteiger partial charge is 0.130 e. The fraction of sp³-hybridized carbons (Fsp3) is 0.526. The number of hydrogen-bond acceptors (Lipinski definition) is 3. The van der Waals surface area contributed by atoms with Crippen molar-refractivity contribution >= 4 is 10.9 Å². The second kappa shape index (κ2) is 6.66. The minimum atomic E-state index is 0.327. The zero-order chi connectivity index (χ0) is 15.5. The number of ether oxygens (including phenoxy) is 1. The van der Waals surface area contributed by atoms with E-state index < -0.39 is 0 Å². The summed E-state index contributed by atoms with van der Waals surface area (Å²) >= 11 is 0. The molecule has 1 fully saturated rings. The average molecular weight is 298 g/mol. The van der Waals surface area contributed by atoms with Crippen LogP contribution in [0.4, 0.5) is 0 Å². The van der Waals surface area contributed by atoms with Crippen molar-refractivity contribution in [1.82, 2.24) is 9.88 Å². The number of likely N-dealkylation sites (tertiary alicyclic amines) is 1. The molecule has 2 aromatic rings. The summed E-state index contributed by atoms with van der Waals surface area (Å²) in [6.07, 6.45) is 2.55. The minimum absolute atomic E-state index is 0.327. The maximum absolute atomic E-state index is 6.34. The van der Waals surface area contributed by atoms with Crippen LogP contribution < -0.4 is 4.74 Å². The van der Waals surface area contributed by atoms with Gasteiger partial charge in [-0.2, -0.15) is 0 Å². The van der Waals surface area contributed by atoms with Crippen LogP contribution in [0.1, 0.15) is 32.4 Å². The minimum Gasteiger partial charge on any atom is -0.490 e. The number of aryl methyl sites for hydroxylation is 1. The van der Waals surface area contributed by atoms with Gasteiger partial charge in [-0.05, 0) is 37.8 Å². The molecule has 0 N–H and O–H groups in total. The van der Waals surface area contributed by atoms with E-state index in [0.717, 1.165) is 54.2 Å². The summed E-state index contributed by atoms with van der Waals surface area (Å²) in [5, 5.41) is 1.12. The third-order valence-corrected chi connectivity index (χ3v) is 4.26. The van der Waals surface area contributed by atoms with Crippen molar-refractivity contribution in [3.63, 3.8) is 0 Å². The molecule has 0 bridgehead atoms. The first-order chi connectivity index (χ1) is 10.6. The summed E-state index contributed by atoms with van der Waals surface area (Å²) in [6.45, 7) is 10.1. The van der Waals surface area contributed by atoms with Gasteiger partial charge in [-0.25, -0.2) is 0 Å². The normalized spacial score (nSPS) is 17.3. The molecule has 0 aliphatic carbocycles. The van der Waals surface area contributed by atoms with Crippen molar-refractivity contribution in [3.05, 3.63) is 36.0 Å². The van der Waals surface area contributed by atoms with E-state index >= 15 is 0 Å². The number of para-hydroxylation sites is 1. The predicted octanol–water partition coefficient (Wildman–Crippen LogP) is 4.04. The van der Waals surface area contributed by atoms with Crippen LogP contribution in [0, 0.1) is 12.8 Å². The first-order valence-electron chi connectivity index (χ1n) is 8.37. The maximum Gasteiger partial charge on any atom is 0.130 e. The summed E-state index contributed by atoms with van der Waals surface area (Å²) in [5.41, 5.74) is 2.04. The van der Waals surface area contributed by atoms with Crippen LogP contribution in [0.3, 0.4) is 0 Å². The van der Waals surface area contributed by atoms with Crippen molar-refractivity contribution in [2.45, 2.75) is 39.7 Å². The van der Waals surface area contributed by atoms with Gasteiger partial charge in [-0.15, -0.1) is 0 Å². The van der Waals surface area contributed by atoms with Crippen LogP contribution in [-0.4, -0.2) is 35.6 Å². The standard InChI is InChI=1S/C19H26N2O/c1-14(2)13-21-10-8-16(9-11-21)22-19-12-15(3)20-18-7-5-4-6-17(18)19/h4-7,12,14,16H,8-11,13H2,1-3H3. The van der Waals surface area contributed by atoms with Gasteiger partial charge in [0.2, 0.25) is 0 Å². The van der Waals surface area contributed by atoms with Crippen LogP contribution in [0.5, 0.6) is 5.75 Å². The molecule has 22 heavy (non-hydrogen) atoms. The Morgan fingerprint density at radius 2 is 1.95 bits per heavy atom. The van der Waals surface area contributed by atoms with Crippen molar-refractivity contribution in [2.75, 3.05) is 19.6 Å². The lowest BCUT2D eigenvalue weighted by Gasteiger charge is -2.33. The third-order valence-electron chi connectivity index (χ3n) is 4.26. The monoisotopic (exact) mass is 298 g/mol. The summed E-state index contributed by atoms with van der Waals surface area (Å²) in [6, 6.07) is 10.3. The molecule has 2 heterocycles. The number of hydrogen-bond donors (Lipinski definition) is 0. The van der Waals surface area contributed by atoms with Crippen molar-refractivity contribution in [3.8, 4) is 5.75 Å². The molecular formula is C19H26N2O. The molecule has 0 spiro atoms. The van der Waals surface area contributed by atoms with E-state index in [1.165, 1.54) is 6.54 Å². The Labute approximate surface area is 133 Å². The first-order valence-corrected chi connectivity index (χ1v) is 8.37. The van der Waals surface area contributed by atoms with Crippen LogP contribution >= 0.6 is 0 Å². The second-order valence-corrected chi connectivity index (χ2v) is 6.79. The number of nitrogens with zero attached hydrogens (tertiary/aromatic N) is 2. The Kier molecular flexibility index (Phi) is 4.63. The van der Waals surface area contributed by atoms with Gasteiger partial charge in [-0.1, -0.05) is 26.0 Å². The molecule has 0 unspecified atom stereocenters. The van der Waals surface area contributed by atoms with E-state index in [4.69, 9.17) is 4.74 Å². The molecule has 0 saturated carbocycles. The predicted molar refractivity (Wildman–Crippen MR) is 91.4 cm³/mol. The highest BCUT2D eigenvalue weighted by Crippen LogP contribution is 2.28. The summed E-state index contributed by atoms with van der Waals surface area (Å²) < 4.78 is 6.34. The van der Waals surface area contributed by atoms with Gasteiger partial charge in [0.05, 0.1) is 5.52 Å². The largest absolute Gasteiger partial charge is 0.490 e. The van der Waals surface area contributed by atoms with Gasteiger partial charge >= 0.3 is 0 Å². The number of rotatable bonds is 4. The van der Waals surface area contributed by atoms with Crippen LogP contribution in [0.2, 0.25) is 0 Å². The molecule has 3 rings (SSSR count). The van der Waals surface area contributed by atoms with Crippen molar-refractivity contribution < 1.29 is 4.74 Å². The SMILES string of the molecule is Cc1cc(OC2CCN(CC(C)C)CC2)c2ccccc2n1. The van der Waals surface area contributed by atoms with Crippen LogP contribution in [0.25, 0.3) is 10.9 Å². The number of benzene rings is 1. The highest BCUT2D eigenvalue weighted by Gasteiger charge is 2.21. The number of fused-ring (bicyclic) bond motifs is 1. The van der Waals surface area contributed by atoms with Crippen molar-refractivity contribution in [2.24, 2.45) is 5.92 Å².